The molecule has 16 heteroatoms. The number of ether oxygens (including phenoxy) is 6. The normalized spacial score (nSPS) is 49.3. The van der Waals surface area contributed by atoms with Crippen molar-refractivity contribution in [2.24, 2.45) is 40.4 Å². The molecule has 1 unspecified atom stereocenters. The molecular formula is C32H44O16. The van der Waals surface area contributed by atoms with Crippen LogP contribution in [0.3, 0.4) is 0 Å². The number of carbonyl (C=O) groups is 4. The van der Waals surface area contributed by atoms with Crippen LogP contribution in [0.15, 0.2) is 11.8 Å². The summed E-state index contributed by atoms with van der Waals surface area (Å²) in [5, 5.41) is 64.6. The first-order chi connectivity index (χ1) is 22.5. The number of carbonyl (C=O) groups excluding carboxylic acids is 4. The maximum Gasteiger partial charge on any atom is 0.348 e. The fourth-order valence-electron chi connectivity index (χ4n) is 9.70. The van der Waals surface area contributed by atoms with Crippen LogP contribution in [0.4, 0.5) is 0 Å². The number of allylic oxidation sites excluding steroid dienone is 2. The second kappa shape index (κ2) is 12.0. The molecule has 0 aromatic rings. The zero-order valence-electron chi connectivity index (χ0n) is 27.3. The summed E-state index contributed by atoms with van der Waals surface area (Å²) in [5.74, 6) is -7.71. The third kappa shape index (κ3) is 4.63. The summed E-state index contributed by atoms with van der Waals surface area (Å²) >= 11 is 0. The van der Waals surface area contributed by atoms with Gasteiger partial charge >= 0.3 is 17.9 Å². The number of ketones is 1. The minimum Gasteiger partial charge on any atom is -0.467 e. The van der Waals surface area contributed by atoms with Crippen molar-refractivity contribution in [1.29, 1.82) is 0 Å². The zero-order chi connectivity index (χ0) is 35.2. The van der Waals surface area contributed by atoms with Gasteiger partial charge in [-0.1, -0.05) is 27.7 Å². The van der Waals surface area contributed by atoms with Gasteiger partial charge in [0.1, 0.15) is 36.6 Å². The van der Waals surface area contributed by atoms with Crippen LogP contribution < -0.4 is 0 Å². The molecule has 6 rings (SSSR count). The molecule has 0 aromatic carbocycles. The van der Waals surface area contributed by atoms with Gasteiger partial charge in [-0.15, -0.1) is 0 Å². The van der Waals surface area contributed by atoms with Gasteiger partial charge in [0.05, 0.1) is 32.3 Å². The standard InChI is InChI=1S/C32H44O16/c1-11(2)6-17(34)48-23-25-31-10-44-32(25,29(42)43-5)26(40)22(39)24(31)30(4)8-14(18(35)12(3)13(30)7-16(31)47-27(23)41)45-28-21(38)20(37)19(36)15(9-33)46-28/h8,11-13,15-16,19-26,28,33,36-40H,6-7,9-10H2,1-5H3/t12-,13-,15+,16+,19+,20-,21+,22+,23+,24+,25+,26-,28+,30-,31+,32?/m0/s1. The van der Waals surface area contributed by atoms with E-state index in [0.29, 0.717) is 0 Å². The molecule has 1 spiro atoms. The molecule has 6 aliphatic rings. The zero-order valence-corrected chi connectivity index (χ0v) is 27.3. The Kier molecular flexibility index (Phi) is 8.76. The molecule has 2 saturated carbocycles. The minimum atomic E-state index is -2.32. The van der Waals surface area contributed by atoms with Crippen molar-refractivity contribution < 1.29 is 78.2 Å². The van der Waals surface area contributed by atoms with Crippen LogP contribution in [0, 0.1) is 40.4 Å². The van der Waals surface area contributed by atoms with Crippen molar-refractivity contribution in [2.45, 2.75) is 101 Å². The number of rotatable bonds is 7. The summed E-state index contributed by atoms with van der Waals surface area (Å²) in [5.41, 5.74) is -5.03. The maximum atomic E-state index is 13.8. The van der Waals surface area contributed by atoms with E-state index >= 15 is 0 Å². The van der Waals surface area contributed by atoms with E-state index < -0.39 is 126 Å². The van der Waals surface area contributed by atoms with Gasteiger partial charge in [0, 0.05) is 23.7 Å². The van der Waals surface area contributed by atoms with Crippen molar-refractivity contribution in [1.82, 2.24) is 0 Å². The van der Waals surface area contributed by atoms with Crippen LogP contribution in [0.2, 0.25) is 0 Å². The lowest BCUT2D eigenvalue weighted by Gasteiger charge is -2.67. The number of esters is 3. The van der Waals surface area contributed by atoms with Crippen LogP contribution in [0.1, 0.15) is 40.5 Å². The van der Waals surface area contributed by atoms with Gasteiger partial charge in [-0.3, -0.25) is 9.59 Å². The Bertz CT molecular complexity index is 1380. The lowest BCUT2D eigenvalue weighted by atomic mass is 9.38. The molecule has 3 heterocycles. The summed E-state index contributed by atoms with van der Waals surface area (Å²) < 4.78 is 34.2. The average Bonchev–Trinajstić information content (AvgIpc) is 3.34. The number of aliphatic hydroxyl groups is 6. The molecule has 48 heavy (non-hydrogen) atoms. The number of hydrogen-bond donors (Lipinski definition) is 6. The third-order valence-electron chi connectivity index (χ3n) is 11.7. The lowest BCUT2D eigenvalue weighted by molar-refractivity contribution is -0.296. The Morgan fingerprint density at radius 3 is 2.35 bits per heavy atom. The Labute approximate surface area is 275 Å². The number of methoxy groups -OCH3 is 1. The van der Waals surface area contributed by atoms with Crippen molar-refractivity contribution in [2.75, 3.05) is 20.3 Å². The van der Waals surface area contributed by atoms with Crippen molar-refractivity contribution in [3.05, 3.63) is 11.8 Å². The molecule has 5 fully saturated rings. The predicted octanol–water partition coefficient (Wildman–Crippen LogP) is -2.29. The Balaban J connectivity index is 1.47. The molecule has 0 amide bonds. The largest absolute Gasteiger partial charge is 0.467 e. The Morgan fingerprint density at radius 1 is 1.04 bits per heavy atom. The Hall–Kier alpha value is -2.70. The first-order valence-electron chi connectivity index (χ1n) is 16.2. The van der Waals surface area contributed by atoms with Gasteiger partial charge in [-0.05, 0) is 29.7 Å². The quantitative estimate of drug-likeness (QED) is 0.122. The molecule has 16 atom stereocenters. The molecule has 2 bridgehead atoms. The second-order valence-electron chi connectivity index (χ2n) is 14.7. The van der Waals surface area contributed by atoms with E-state index in [1.54, 1.807) is 27.7 Å². The number of aliphatic hydroxyl groups excluding tert-OH is 6. The Morgan fingerprint density at radius 2 is 1.73 bits per heavy atom. The highest BCUT2D eigenvalue weighted by Gasteiger charge is 2.85. The van der Waals surface area contributed by atoms with Crippen LogP contribution >= 0.6 is 0 Å². The van der Waals surface area contributed by atoms with E-state index in [1.807, 2.05) is 0 Å². The van der Waals surface area contributed by atoms with Crippen molar-refractivity contribution in [3.63, 3.8) is 0 Å². The van der Waals surface area contributed by atoms with Crippen molar-refractivity contribution >= 4 is 23.7 Å². The van der Waals surface area contributed by atoms with Crippen LogP contribution in [0.5, 0.6) is 0 Å². The highest BCUT2D eigenvalue weighted by atomic mass is 16.7. The second-order valence-corrected chi connectivity index (χ2v) is 14.7. The molecule has 3 saturated heterocycles. The number of hydrogen-bond acceptors (Lipinski definition) is 16. The predicted molar refractivity (Wildman–Crippen MR) is 155 cm³/mol. The third-order valence-corrected chi connectivity index (χ3v) is 11.7. The van der Waals surface area contributed by atoms with E-state index in [-0.39, 0.29) is 31.1 Å². The van der Waals surface area contributed by atoms with Crippen LogP contribution in [0.25, 0.3) is 0 Å². The van der Waals surface area contributed by atoms with E-state index in [4.69, 9.17) is 28.4 Å². The van der Waals surface area contributed by atoms with Gasteiger partial charge in [-0.2, -0.15) is 0 Å². The van der Waals surface area contributed by atoms with E-state index in [2.05, 4.69) is 0 Å². The molecule has 0 aromatic heterocycles. The smallest absolute Gasteiger partial charge is 0.348 e. The van der Waals surface area contributed by atoms with E-state index in [0.717, 1.165) is 7.11 Å². The number of Topliss-reactive ketones (excluding diaryl/α,β-unsaturated/α-hetero) is 1. The monoisotopic (exact) mass is 684 g/mol. The van der Waals surface area contributed by atoms with Gasteiger partial charge in [0.25, 0.3) is 0 Å². The molecule has 0 radical (unpaired) electrons. The molecule has 16 nitrogen and oxygen atoms in total. The first-order valence-corrected chi connectivity index (χ1v) is 16.2. The molecule has 3 aliphatic heterocycles. The molecule has 268 valence electrons. The van der Waals surface area contributed by atoms with Gasteiger partial charge < -0.3 is 59.1 Å². The fourth-order valence-corrected chi connectivity index (χ4v) is 9.70. The lowest BCUT2D eigenvalue weighted by Crippen LogP contribution is -2.79. The highest BCUT2D eigenvalue weighted by molar-refractivity contribution is 5.96. The molecule has 3 aliphatic carbocycles. The van der Waals surface area contributed by atoms with Crippen LogP contribution in [-0.2, 0) is 47.6 Å². The fraction of sp³-hybridized carbons (Fsp3) is 0.812. The molecule has 6 N–H and O–H groups in total. The van der Waals surface area contributed by atoms with Crippen molar-refractivity contribution in [3.8, 4) is 0 Å². The van der Waals surface area contributed by atoms with Gasteiger partial charge in [-0.25, -0.2) is 9.59 Å². The van der Waals surface area contributed by atoms with Crippen LogP contribution in [-0.4, -0.2) is 135 Å². The topological polar surface area (TPSA) is 245 Å². The number of fused-ring (bicyclic) bond motifs is 2. The van der Waals surface area contributed by atoms with Gasteiger partial charge in [0.2, 0.25) is 18.0 Å². The maximum absolute atomic E-state index is 13.8. The summed E-state index contributed by atoms with van der Waals surface area (Å²) in [7, 11) is 1.06. The SMILES string of the molecule is COC(=O)C12OC[C@]34[C@H]([C@@H](O)[C@@H]1O)[C@@]1(C)C=C(O[C@@H]5O[C@H](CO)[C@@H](O)[C@H](O)[C@H]5O)C(=O)[C@@H](C)[C@@H]1C[C@H]3OC(=O)[C@H](OC(=O)CC(C)C)[C@@H]24. The van der Waals surface area contributed by atoms with E-state index in [1.165, 1.54) is 6.08 Å². The van der Waals surface area contributed by atoms with Gasteiger partial charge in [0.15, 0.2) is 11.5 Å². The average molecular weight is 685 g/mol. The summed E-state index contributed by atoms with van der Waals surface area (Å²) in [6.07, 6.45) is -13.3. The first kappa shape index (κ1) is 35.1. The molecular weight excluding hydrogens is 640 g/mol. The summed E-state index contributed by atoms with van der Waals surface area (Å²) in [4.78, 5) is 54.0. The highest BCUT2D eigenvalue weighted by Crippen LogP contribution is 2.72. The van der Waals surface area contributed by atoms with E-state index in [9.17, 15) is 49.8 Å². The minimum absolute atomic E-state index is 0.0576. The summed E-state index contributed by atoms with van der Waals surface area (Å²) in [6, 6.07) is 0. The summed E-state index contributed by atoms with van der Waals surface area (Å²) in [6.45, 7) is 5.84.